The number of sulfonamides is 1. The van der Waals surface area contributed by atoms with E-state index in [1.54, 1.807) is 24.3 Å². The Morgan fingerprint density at radius 3 is 2.42 bits per heavy atom. The SMILES string of the molecule is CC[C@H](Oc1ccc(C)cc1)C(=O)Nc1cccc(N(C)S(C)(=O)=O)c1. The van der Waals surface area contributed by atoms with Crippen LogP contribution in [-0.4, -0.2) is 33.7 Å². The molecule has 2 rings (SSSR count). The van der Waals surface area contributed by atoms with Crippen LogP contribution in [0.15, 0.2) is 48.5 Å². The maximum absolute atomic E-state index is 12.5. The van der Waals surface area contributed by atoms with E-state index in [1.165, 1.54) is 7.05 Å². The average Bonchev–Trinajstić information content (AvgIpc) is 2.60. The highest BCUT2D eigenvalue weighted by atomic mass is 32.2. The first kappa shape index (κ1) is 19.8. The first-order chi connectivity index (χ1) is 12.2. The summed E-state index contributed by atoms with van der Waals surface area (Å²) in [4.78, 5) is 12.5. The zero-order valence-corrected chi connectivity index (χ0v) is 16.2. The third-order valence-corrected chi connectivity index (χ3v) is 5.14. The molecule has 0 aliphatic heterocycles. The minimum absolute atomic E-state index is 0.285. The standard InChI is InChI=1S/C19H24N2O4S/c1-5-18(25-17-11-9-14(2)10-12-17)19(22)20-15-7-6-8-16(13-15)21(3)26(4,23)24/h6-13,18H,5H2,1-4H3,(H,20,22)/t18-/m0/s1. The molecule has 0 fully saturated rings. The quantitative estimate of drug-likeness (QED) is 0.805. The highest BCUT2D eigenvalue weighted by Crippen LogP contribution is 2.21. The summed E-state index contributed by atoms with van der Waals surface area (Å²) in [7, 11) is -1.91. The van der Waals surface area contributed by atoms with Crippen LogP contribution in [0.25, 0.3) is 0 Å². The summed E-state index contributed by atoms with van der Waals surface area (Å²) in [6.45, 7) is 3.85. The molecule has 0 unspecified atom stereocenters. The fourth-order valence-corrected chi connectivity index (χ4v) is 2.79. The van der Waals surface area contributed by atoms with Gasteiger partial charge >= 0.3 is 0 Å². The average molecular weight is 376 g/mol. The smallest absolute Gasteiger partial charge is 0.265 e. The molecule has 2 aromatic rings. The minimum atomic E-state index is -3.37. The molecule has 0 heterocycles. The Hall–Kier alpha value is -2.54. The first-order valence-corrected chi connectivity index (χ1v) is 10.1. The topological polar surface area (TPSA) is 75.7 Å². The van der Waals surface area contributed by atoms with Crippen molar-refractivity contribution in [2.75, 3.05) is 22.9 Å². The number of ether oxygens (including phenoxy) is 1. The van der Waals surface area contributed by atoms with Crippen LogP contribution in [0.1, 0.15) is 18.9 Å². The van der Waals surface area contributed by atoms with Crippen molar-refractivity contribution >= 4 is 27.3 Å². The lowest BCUT2D eigenvalue weighted by atomic mass is 10.2. The molecule has 0 bridgehead atoms. The molecule has 2 aromatic carbocycles. The Labute approximate surface area is 154 Å². The molecule has 0 aliphatic rings. The van der Waals surface area contributed by atoms with E-state index in [2.05, 4.69) is 5.32 Å². The second-order valence-corrected chi connectivity index (χ2v) is 8.11. The van der Waals surface area contributed by atoms with Gasteiger partial charge in [0, 0.05) is 12.7 Å². The predicted molar refractivity (Wildman–Crippen MR) is 104 cm³/mol. The lowest BCUT2D eigenvalue weighted by Crippen LogP contribution is -2.32. The van der Waals surface area contributed by atoms with E-state index in [9.17, 15) is 13.2 Å². The van der Waals surface area contributed by atoms with Gasteiger partial charge < -0.3 is 10.1 Å². The normalized spacial score (nSPS) is 12.3. The number of hydrogen-bond donors (Lipinski definition) is 1. The Kier molecular flexibility index (Phi) is 6.26. The van der Waals surface area contributed by atoms with Gasteiger partial charge in [-0.15, -0.1) is 0 Å². The Morgan fingerprint density at radius 2 is 1.85 bits per heavy atom. The molecule has 0 saturated carbocycles. The summed E-state index contributed by atoms with van der Waals surface area (Å²) in [5, 5.41) is 2.79. The summed E-state index contributed by atoms with van der Waals surface area (Å²) < 4.78 is 30.3. The molecule has 26 heavy (non-hydrogen) atoms. The molecule has 6 nitrogen and oxygen atoms in total. The number of nitrogens with zero attached hydrogens (tertiary/aromatic N) is 1. The second kappa shape index (κ2) is 8.23. The third-order valence-electron chi connectivity index (χ3n) is 3.94. The maximum atomic E-state index is 12.5. The van der Waals surface area contributed by atoms with Crippen LogP contribution < -0.4 is 14.4 Å². The van der Waals surface area contributed by atoms with E-state index in [-0.39, 0.29) is 5.91 Å². The Balaban J connectivity index is 2.11. The summed E-state index contributed by atoms with van der Waals surface area (Å²) in [6.07, 6.45) is 0.984. The highest BCUT2D eigenvalue weighted by molar-refractivity contribution is 7.92. The van der Waals surface area contributed by atoms with Gasteiger partial charge in [0.15, 0.2) is 6.10 Å². The molecule has 0 saturated heterocycles. The van der Waals surface area contributed by atoms with Crippen molar-refractivity contribution in [3.8, 4) is 5.75 Å². The van der Waals surface area contributed by atoms with Crippen LogP contribution in [0.5, 0.6) is 5.75 Å². The van der Waals surface area contributed by atoms with E-state index in [1.807, 2.05) is 38.1 Å². The molecule has 0 aromatic heterocycles. The zero-order valence-electron chi connectivity index (χ0n) is 15.4. The van der Waals surface area contributed by atoms with Crippen LogP contribution in [-0.2, 0) is 14.8 Å². The van der Waals surface area contributed by atoms with Gasteiger partial charge in [0.1, 0.15) is 5.75 Å². The zero-order chi connectivity index (χ0) is 19.3. The van der Waals surface area contributed by atoms with Crippen molar-refractivity contribution in [3.63, 3.8) is 0 Å². The highest BCUT2D eigenvalue weighted by Gasteiger charge is 2.19. The lowest BCUT2D eigenvalue weighted by Gasteiger charge is -2.19. The Morgan fingerprint density at radius 1 is 1.19 bits per heavy atom. The molecule has 0 spiro atoms. The van der Waals surface area contributed by atoms with Crippen molar-refractivity contribution < 1.29 is 17.9 Å². The minimum Gasteiger partial charge on any atom is -0.481 e. The van der Waals surface area contributed by atoms with Crippen LogP contribution in [0.2, 0.25) is 0 Å². The number of aryl methyl sites for hydroxylation is 1. The van der Waals surface area contributed by atoms with Crippen LogP contribution in [0, 0.1) is 6.92 Å². The van der Waals surface area contributed by atoms with Gasteiger partial charge in [-0.05, 0) is 43.7 Å². The fourth-order valence-electron chi connectivity index (χ4n) is 2.30. The monoisotopic (exact) mass is 376 g/mol. The molecule has 0 aliphatic carbocycles. The molecule has 1 atom stereocenters. The number of carbonyl (C=O) groups excluding carboxylic acids is 1. The maximum Gasteiger partial charge on any atom is 0.265 e. The van der Waals surface area contributed by atoms with Gasteiger partial charge in [-0.2, -0.15) is 0 Å². The molecular weight excluding hydrogens is 352 g/mol. The van der Waals surface area contributed by atoms with Crippen molar-refractivity contribution in [1.82, 2.24) is 0 Å². The van der Waals surface area contributed by atoms with Gasteiger partial charge in [-0.25, -0.2) is 8.42 Å². The molecule has 140 valence electrons. The number of anilines is 2. The first-order valence-electron chi connectivity index (χ1n) is 8.29. The molecule has 7 heteroatoms. The van der Waals surface area contributed by atoms with E-state index in [0.717, 1.165) is 16.1 Å². The second-order valence-electron chi connectivity index (χ2n) is 6.10. The van der Waals surface area contributed by atoms with Crippen molar-refractivity contribution in [2.24, 2.45) is 0 Å². The van der Waals surface area contributed by atoms with Crippen LogP contribution >= 0.6 is 0 Å². The van der Waals surface area contributed by atoms with Crippen molar-refractivity contribution in [1.29, 1.82) is 0 Å². The molecule has 1 N–H and O–H groups in total. The summed E-state index contributed by atoms with van der Waals surface area (Å²) in [5.41, 5.74) is 2.09. The Bertz CT molecular complexity index is 863. The van der Waals surface area contributed by atoms with Gasteiger partial charge in [0.2, 0.25) is 10.0 Å². The number of amides is 1. The van der Waals surface area contributed by atoms with Gasteiger partial charge in [-0.3, -0.25) is 9.10 Å². The van der Waals surface area contributed by atoms with Crippen LogP contribution in [0.3, 0.4) is 0 Å². The number of benzene rings is 2. The van der Waals surface area contributed by atoms with Gasteiger partial charge in [-0.1, -0.05) is 30.7 Å². The number of hydrogen-bond acceptors (Lipinski definition) is 4. The van der Waals surface area contributed by atoms with E-state index in [4.69, 9.17) is 4.74 Å². The van der Waals surface area contributed by atoms with Gasteiger partial charge in [0.05, 0.1) is 11.9 Å². The number of rotatable bonds is 7. The van der Waals surface area contributed by atoms with E-state index >= 15 is 0 Å². The van der Waals surface area contributed by atoms with E-state index < -0.39 is 16.1 Å². The fraction of sp³-hybridized carbons (Fsp3) is 0.316. The van der Waals surface area contributed by atoms with Crippen LogP contribution in [0.4, 0.5) is 11.4 Å². The predicted octanol–water partition coefficient (Wildman–Crippen LogP) is 3.19. The molecular formula is C19H24N2O4S. The largest absolute Gasteiger partial charge is 0.481 e. The molecule has 1 amide bonds. The summed E-state index contributed by atoms with van der Waals surface area (Å²) in [6, 6.07) is 14.2. The molecule has 0 radical (unpaired) electrons. The van der Waals surface area contributed by atoms with Crippen molar-refractivity contribution in [2.45, 2.75) is 26.4 Å². The van der Waals surface area contributed by atoms with Crippen molar-refractivity contribution in [3.05, 3.63) is 54.1 Å². The number of nitrogens with one attached hydrogen (secondary N) is 1. The lowest BCUT2D eigenvalue weighted by molar-refractivity contribution is -0.122. The third kappa shape index (κ3) is 5.23. The number of carbonyl (C=O) groups is 1. The van der Waals surface area contributed by atoms with Gasteiger partial charge in [0.25, 0.3) is 5.91 Å². The summed E-state index contributed by atoms with van der Waals surface area (Å²) in [5.74, 6) is 0.343. The summed E-state index contributed by atoms with van der Waals surface area (Å²) >= 11 is 0. The van der Waals surface area contributed by atoms with E-state index in [0.29, 0.717) is 23.5 Å².